The van der Waals surface area contributed by atoms with Crippen LogP contribution < -0.4 is 10.2 Å². The van der Waals surface area contributed by atoms with Gasteiger partial charge in [0.05, 0.1) is 12.7 Å². The van der Waals surface area contributed by atoms with Crippen LogP contribution in [0.4, 0.5) is 16.2 Å². The van der Waals surface area contributed by atoms with Gasteiger partial charge in [-0.15, -0.1) is 0 Å². The number of hydrogen-bond donors (Lipinski definition) is 1. The third-order valence-corrected chi connectivity index (χ3v) is 3.45. The number of nitrogens with zero attached hydrogens (tertiary/aromatic N) is 4. The van der Waals surface area contributed by atoms with E-state index in [-0.39, 0.29) is 18.3 Å². The maximum absolute atomic E-state index is 13.9. The highest BCUT2D eigenvalue weighted by Crippen LogP contribution is 2.17. The largest absolute Gasteiger partial charge is 0.354 e. The van der Waals surface area contributed by atoms with Gasteiger partial charge in [0.1, 0.15) is 0 Å². The molecule has 0 bridgehead atoms. The number of carbonyl (C=O) groups excluding carboxylic acids is 1. The van der Waals surface area contributed by atoms with E-state index in [1.807, 2.05) is 11.8 Å². The highest BCUT2D eigenvalue weighted by Gasteiger charge is 2.21. The van der Waals surface area contributed by atoms with Gasteiger partial charge in [-0.05, 0) is 19.3 Å². The summed E-state index contributed by atoms with van der Waals surface area (Å²) in [7, 11) is 1.67. The quantitative estimate of drug-likeness (QED) is 0.861. The molecular formula is C14H22FN5O. The molecule has 0 unspecified atom stereocenters. The molecule has 2 rings (SSSR count). The second-order valence-electron chi connectivity index (χ2n) is 5.24. The van der Waals surface area contributed by atoms with E-state index in [4.69, 9.17) is 0 Å². The van der Waals surface area contributed by atoms with Crippen molar-refractivity contribution in [1.29, 1.82) is 0 Å². The monoisotopic (exact) mass is 295 g/mol. The van der Waals surface area contributed by atoms with E-state index >= 15 is 0 Å². The average Bonchev–Trinajstić information content (AvgIpc) is 3.00. The number of rotatable bonds is 6. The lowest BCUT2D eigenvalue weighted by Crippen LogP contribution is -2.38. The molecule has 1 aliphatic rings. The van der Waals surface area contributed by atoms with Gasteiger partial charge in [-0.1, -0.05) is 6.92 Å². The summed E-state index contributed by atoms with van der Waals surface area (Å²) in [5.41, 5.74) is 0. The predicted octanol–water partition coefficient (Wildman–Crippen LogP) is 1.50. The summed E-state index contributed by atoms with van der Waals surface area (Å²) in [5.74, 6) is 0.0229. The highest BCUT2D eigenvalue weighted by atomic mass is 19.1. The Morgan fingerprint density at radius 1 is 1.48 bits per heavy atom. The first-order chi connectivity index (χ1) is 10.1. The van der Waals surface area contributed by atoms with Crippen LogP contribution >= 0.6 is 0 Å². The molecule has 1 saturated heterocycles. The molecule has 1 amide bonds. The van der Waals surface area contributed by atoms with Gasteiger partial charge >= 0.3 is 0 Å². The van der Waals surface area contributed by atoms with E-state index in [0.717, 1.165) is 45.1 Å². The Balaban J connectivity index is 2.03. The van der Waals surface area contributed by atoms with Crippen molar-refractivity contribution in [2.45, 2.75) is 26.2 Å². The predicted molar refractivity (Wildman–Crippen MR) is 79.9 cm³/mol. The standard InChI is InChI=1S/C14H22FN5O/c1-3-6-16-14-17-9-11(15)13(18-14)19(2)10-12(21)20-7-4-5-8-20/h9H,3-8,10H2,1-2H3,(H,16,17,18). The van der Waals surface area contributed by atoms with Gasteiger partial charge in [0, 0.05) is 26.7 Å². The van der Waals surface area contributed by atoms with E-state index in [1.165, 1.54) is 4.90 Å². The summed E-state index contributed by atoms with van der Waals surface area (Å²) in [6, 6.07) is 0. The zero-order valence-corrected chi connectivity index (χ0v) is 12.6. The Morgan fingerprint density at radius 3 is 2.86 bits per heavy atom. The Morgan fingerprint density at radius 2 is 2.19 bits per heavy atom. The zero-order valence-electron chi connectivity index (χ0n) is 12.6. The second-order valence-corrected chi connectivity index (χ2v) is 5.24. The maximum Gasteiger partial charge on any atom is 0.242 e. The third-order valence-electron chi connectivity index (χ3n) is 3.45. The van der Waals surface area contributed by atoms with Gasteiger partial charge in [-0.2, -0.15) is 4.98 Å². The van der Waals surface area contributed by atoms with E-state index in [9.17, 15) is 9.18 Å². The number of carbonyl (C=O) groups is 1. The molecule has 1 fully saturated rings. The van der Waals surface area contributed by atoms with Crippen LogP contribution in [0, 0.1) is 5.82 Å². The van der Waals surface area contributed by atoms with E-state index in [2.05, 4.69) is 15.3 Å². The molecule has 2 heterocycles. The molecule has 0 spiro atoms. The fraction of sp³-hybridized carbons (Fsp3) is 0.643. The molecule has 1 aromatic rings. The van der Waals surface area contributed by atoms with Gasteiger partial charge in [-0.25, -0.2) is 9.37 Å². The van der Waals surface area contributed by atoms with Crippen molar-refractivity contribution >= 4 is 17.7 Å². The van der Waals surface area contributed by atoms with Crippen LogP contribution in [0.15, 0.2) is 6.20 Å². The molecule has 116 valence electrons. The van der Waals surface area contributed by atoms with Crippen LogP contribution in [0.5, 0.6) is 0 Å². The molecule has 0 atom stereocenters. The van der Waals surface area contributed by atoms with Gasteiger partial charge in [0.2, 0.25) is 11.9 Å². The van der Waals surface area contributed by atoms with Gasteiger partial charge in [0.15, 0.2) is 11.6 Å². The maximum atomic E-state index is 13.9. The summed E-state index contributed by atoms with van der Waals surface area (Å²) in [6.07, 6.45) is 4.15. The molecular weight excluding hydrogens is 273 g/mol. The Labute approximate surface area is 124 Å². The van der Waals surface area contributed by atoms with Crippen molar-refractivity contribution < 1.29 is 9.18 Å². The van der Waals surface area contributed by atoms with Crippen LogP contribution in [0.2, 0.25) is 0 Å². The van der Waals surface area contributed by atoms with Gasteiger partial charge in [-0.3, -0.25) is 4.79 Å². The number of aromatic nitrogens is 2. The van der Waals surface area contributed by atoms with Crippen molar-refractivity contribution in [2.75, 3.05) is 43.4 Å². The first-order valence-electron chi connectivity index (χ1n) is 7.37. The van der Waals surface area contributed by atoms with Crippen molar-refractivity contribution in [3.05, 3.63) is 12.0 Å². The van der Waals surface area contributed by atoms with Crippen LogP contribution in [-0.4, -0.2) is 54.0 Å². The minimum atomic E-state index is -0.520. The fourth-order valence-corrected chi connectivity index (χ4v) is 2.29. The molecule has 21 heavy (non-hydrogen) atoms. The summed E-state index contributed by atoms with van der Waals surface area (Å²) in [6.45, 7) is 4.46. The first kappa shape index (κ1) is 15.5. The molecule has 1 aromatic heterocycles. The minimum Gasteiger partial charge on any atom is -0.354 e. The molecule has 0 radical (unpaired) electrons. The van der Waals surface area contributed by atoms with Crippen LogP contribution in [0.3, 0.4) is 0 Å². The SMILES string of the molecule is CCCNc1ncc(F)c(N(C)CC(=O)N2CCCC2)n1. The van der Waals surface area contributed by atoms with E-state index in [1.54, 1.807) is 7.05 Å². The topological polar surface area (TPSA) is 61.4 Å². The highest BCUT2D eigenvalue weighted by molar-refractivity contribution is 5.81. The van der Waals surface area contributed by atoms with Crippen molar-refractivity contribution in [3.8, 4) is 0 Å². The number of amides is 1. The number of likely N-dealkylation sites (N-methyl/N-ethyl adjacent to an activating group) is 1. The fourth-order valence-electron chi connectivity index (χ4n) is 2.29. The summed E-state index contributed by atoms with van der Waals surface area (Å²) < 4.78 is 13.9. The van der Waals surface area contributed by atoms with Gasteiger partial charge in [0.25, 0.3) is 0 Å². The zero-order chi connectivity index (χ0) is 15.2. The lowest BCUT2D eigenvalue weighted by atomic mass is 10.4. The molecule has 7 heteroatoms. The van der Waals surface area contributed by atoms with Crippen LogP contribution in [0.1, 0.15) is 26.2 Å². The molecule has 0 aliphatic carbocycles. The lowest BCUT2D eigenvalue weighted by Gasteiger charge is -2.22. The van der Waals surface area contributed by atoms with Crippen molar-refractivity contribution in [3.63, 3.8) is 0 Å². The average molecular weight is 295 g/mol. The van der Waals surface area contributed by atoms with Gasteiger partial charge < -0.3 is 15.1 Å². The number of halogens is 1. The first-order valence-corrected chi connectivity index (χ1v) is 7.37. The normalized spacial score (nSPS) is 14.3. The van der Waals surface area contributed by atoms with Crippen molar-refractivity contribution in [1.82, 2.24) is 14.9 Å². The van der Waals surface area contributed by atoms with Crippen LogP contribution in [0.25, 0.3) is 0 Å². The van der Waals surface area contributed by atoms with Crippen LogP contribution in [-0.2, 0) is 4.79 Å². The van der Waals surface area contributed by atoms with E-state index < -0.39 is 5.82 Å². The third kappa shape index (κ3) is 4.03. The summed E-state index contributed by atoms with van der Waals surface area (Å²) in [5, 5.41) is 3.01. The van der Waals surface area contributed by atoms with E-state index in [0.29, 0.717) is 5.95 Å². The second kappa shape index (κ2) is 7.19. The smallest absolute Gasteiger partial charge is 0.242 e. The Kier molecular flexibility index (Phi) is 5.30. The lowest BCUT2D eigenvalue weighted by molar-refractivity contribution is -0.128. The number of anilines is 2. The summed E-state index contributed by atoms with van der Waals surface area (Å²) in [4.78, 5) is 23.5. The molecule has 6 nitrogen and oxygen atoms in total. The Bertz CT molecular complexity index is 490. The summed E-state index contributed by atoms with van der Waals surface area (Å²) >= 11 is 0. The number of hydrogen-bond acceptors (Lipinski definition) is 5. The minimum absolute atomic E-state index is 0.0103. The molecule has 0 aromatic carbocycles. The Hall–Kier alpha value is -1.92. The molecule has 1 aliphatic heterocycles. The molecule has 1 N–H and O–H groups in total. The number of likely N-dealkylation sites (tertiary alicyclic amines) is 1. The molecule has 0 saturated carbocycles. The van der Waals surface area contributed by atoms with Crippen molar-refractivity contribution in [2.24, 2.45) is 0 Å². The number of nitrogens with one attached hydrogen (secondary N) is 1.